The number of ether oxygens (including phenoxy) is 1. The summed E-state index contributed by atoms with van der Waals surface area (Å²) in [6, 6.07) is 8.99. The second-order valence-corrected chi connectivity index (χ2v) is 4.72. The van der Waals surface area contributed by atoms with E-state index in [4.69, 9.17) is 14.9 Å². The van der Waals surface area contributed by atoms with Gasteiger partial charge in [0.2, 0.25) is 0 Å². The lowest BCUT2D eigenvalue weighted by Gasteiger charge is -2.19. The molecule has 0 aliphatic heterocycles. The summed E-state index contributed by atoms with van der Waals surface area (Å²) < 4.78 is 6.58. The third-order valence-corrected chi connectivity index (χ3v) is 3.13. The van der Waals surface area contributed by atoms with Gasteiger partial charge in [0.15, 0.2) is 5.82 Å². The fourth-order valence-electron chi connectivity index (χ4n) is 1.86. The van der Waals surface area contributed by atoms with Gasteiger partial charge < -0.3 is 25.2 Å². The minimum absolute atomic E-state index is 0.0726. The summed E-state index contributed by atoms with van der Waals surface area (Å²) in [5, 5.41) is 41.6. The molecular weight excluding hydrogens is 290 g/mol. The van der Waals surface area contributed by atoms with E-state index < -0.39 is 31.5 Å². The number of aromatic nitrogens is 3. The Labute approximate surface area is 127 Å². The van der Waals surface area contributed by atoms with Crippen molar-refractivity contribution >= 4 is 0 Å². The molecule has 0 saturated carbocycles. The number of nitrogens with zero attached hydrogens (tertiary/aromatic N) is 3. The number of aliphatic hydroxyl groups is 4. The number of hydrogen-bond donors (Lipinski definition) is 4. The maximum atomic E-state index is 10.2. The van der Waals surface area contributed by atoms with Crippen LogP contribution in [0.4, 0.5) is 0 Å². The summed E-state index contributed by atoms with van der Waals surface area (Å²) in [4.78, 5) is 4.01. The first-order valence-corrected chi connectivity index (χ1v) is 6.79. The lowest BCUT2D eigenvalue weighted by molar-refractivity contribution is -0.103. The van der Waals surface area contributed by atoms with Crippen LogP contribution in [0.3, 0.4) is 0 Å². The molecule has 0 aliphatic carbocycles. The van der Waals surface area contributed by atoms with Gasteiger partial charge in [-0.05, 0) is 5.56 Å². The van der Waals surface area contributed by atoms with E-state index in [0.29, 0.717) is 5.56 Å². The molecule has 0 fully saturated rings. The molecule has 8 nitrogen and oxygen atoms in total. The first-order chi connectivity index (χ1) is 10.7. The molecule has 0 bridgehead atoms. The van der Waals surface area contributed by atoms with E-state index in [1.54, 1.807) is 24.3 Å². The third kappa shape index (κ3) is 4.09. The molecule has 3 atom stereocenters. The van der Waals surface area contributed by atoms with Gasteiger partial charge in [0.25, 0.3) is 0 Å². The van der Waals surface area contributed by atoms with Crippen molar-refractivity contribution in [3.63, 3.8) is 0 Å². The smallest absolute Gasteiger partial charge is 0.183 e. The second kappa shape index (κ2) is 7.97. The standard InChI is InChI=1S/C14H19N3O5/c18-6-11(20)12(7-19)22-9-17-8-15-14(16-17)13(21)10-4-2-1-3-5-10/h1-5,8,11-13,18-21H,6-7,9H2/t11?,12-,13?/m1/s1. The van der Waals surface area contributed by atoms with Gasteiger partial charge >= 0.3 is 0 Å². The average molecular weight is 309 g/mol. The van der Waals surface area contributed by atoms with Crippen LogP contribution in [0.5, 0.6) is 0 Å². The Morgan fingerprint density at radius 2 is 1.82 bits per heavy atom. The quantitative estimate of drug-likeness (QED) is 0.496. The predicted octanol–water partition coefficient (Wildman–Crippen LogP) is -0.952. The highest BCUT2D eigenvalue weighted by molar-refractivity contribution is 5.21. The van der Waals surface area contributed by atoms with Crippen LogP contribution in [0, 0.1) is 0 Å². The Bertz CT molecular complexity index is 563. The monoisotopic (exact) mass is 309 g/mol. The lowest BCUT2D eigenvalue weighted by atomic mass is 10.1. The van der Waals surface area contributed by atoms with Crippen molar-refractivity contribution in [3.8, 4) is 0 Å². The summed E-state index contributed by atoms with van der Waals surface area (Å²) in [5.41, 5.74) is 0.671. The van der Waals surface area contributed by atoms with Crippen LogP contribution in [-0.4, -0.2) is 60.6 Å². The van der Waals surface area contributed by atoms with E-state index in [2.05, 4.69) is 10.1 Å². The van der Waals surface area contributed by atoms with Crippen LogP contribution in [0.25, 0.3) is 0 Å². The molecule has 2 aromatic rings. The number of rotatable bonds is 8. The van der Waals surface area contributed by atoms with Crippen molar-refractivity contribution in [1.82, 2.24) is 14.8 Å². The minimum Gasteiger partial charge on any atom is -0.394 e. The first kappa shape index (κ1) is 16.5. The summed E-state index contributed by atoms with van der Waals surface area (Å²) in [7, 11) is 0. The zero-order chi connectivity index (χ0) is 15.9. The Morgan fingerprint density at radius 1 is 1.09 bits per heavy atom. The van der Waals surface area contributed by atoms with E-state index in [1.807, 2.05) is 6.07 Å². The average Bonchev–Trinajstić information content (AvgIpc) is 3.04. The molecule has 0 aliphatic rings. The van der Waals surface area contributed by atoms with Crippen molar-refractivity contribution in [1.29, 1.82) is 0 Å². The molecule has 120 valence electrons. The van der Waals surface area contributed by atoms with Gasteiger partial charge in [-0.2, -0.15) is 5.10 Å². The topological polar surface area (TPSA) is 121 Å². The molecule has 0 amide bonds. The van der Waals surface area contributed by atoms with Crippen molar-refractivity contribution in [2.45, 2.75) is 25.0 Å². The van der Waals surface area contributed by atoms with Crippen LogP contribution in [0.1, 0.15) is 17.5 Å². The van der Waals surface area contributed by atoms with Gasteiger partial charge in [-0.15, -0.1) is 0 Å². The summed E-state index contributed by atoms with van der Waals surface area (Å²) in [6.07, 6.45) is -1.67. The third-order valence-electron chi connectivity index (χ3n) is 3.13. The fourth-order valence-corrected chi connectivity index (χ4v) is 1.86. The molecule has 1 aromatic heterocycles. The van der Waals surface area contributed by atoms with Crippen molar-refractivity contribution < 1.29 is 25.2 Å². The zero-order valence-corrected chi connectivity index (χ0v) is 11.9. The highest BCUT2D eigenvalue weighted by Crippen LogP contribution is 2.17. The first-order valence-electron chi connectivity index (χ1n) is 6.79. The lowest BCUT2D eigenvalue weighted by Crippen LogP contribution is -2.35. The Kier molecular flexibility index (Phi) is 5.99. The number of aliphatic hydroxyl groups excluding tert-OH is 4. The van der Waals surface area contributed by atoms with Crippen LogP contribution < -0.4 is 0 Å². The van der Waals surface area contributed by atoms with Crippen molar-refractivity contribution in [3.05, 3.63) is 48.0 Å². The van der Waals surface area contributed by atoms with Crippen LogP contribution >= 0.6 is 0 Å². The molecule has 8 heteroatoms. The fraction of sp³-hybridized carbons (Fsp3) is 0.429. The predicted molar refractivity (Wildman–Crippen MR) is 75.6 cm³/mol. The maximum Gasteiger partial charge on any atom is 0.183 e. The van der Waals surface area contributed by atoms with Gasteiger partial charge in [0.05, 0.1) is 13.2 Å². The van der Waals surface area contributed by atoms with Gasteiger partial charge in [-0.1, -0.05) is 30.3 Å². The normalized spacial score (nSPS) is 15.5. The second-order valence-electron chi connectivity index (χ2n) is 4.72. The molecule has 2 rings (SSSR count). The van der Waals surface area contributed by atoms with E-state index >= 15 is 0 Å². The summed E-state index contributed by atoms with van der Waals surface area (Å²) in [5.74, 6) is 0.220. The molecule has 4 N–H and O–H groups in total. The Hall–Kier alpha value is -1.84. The molecule has 1 aromatic carbocycles. The van der Waals surface area contributed by atoms with Gasteiger partial charge in [-0.3, -0.25) is 0 Å². The summed E-state index contributed by atoms with van der Waals surface area (Å²) in [6.45, 7) is -1.02. The molecule has 0 radical (unpaired) electrons. The van der Waals surface area contributed by atoms with Gasteiger partial charge in [0, 0.05) is 0 Å². The Morgan fingerprint density at radius 3 is 2.45 bits per heavy atom. The molecule has 2 unspecified atom stereocenters. The number of hydrogen-bond acceptors (Lipinski definition) is 7. The molecule has 1 heterocycles. The number of benzene rings is 1. The van der Waals surface area contributed by atoms with Gasteiger partial charge in [-0.25, -0.2) is 9.67 Å². The van der Waals surface area contributed by atoms with E-state index in [1.165, 1.54) is 11.0 Å². The molecule has 0 saturated heterocycles. The van der Waals surface area contributed by atoms with Crippen molar-refractivity contribution in [2.75, 3.05) is 13.2 Å². The van der Waals surface area contributed by atoms with E-state index in [0.717, 1.165) is 0 Å². The van der Waals surface area contributed by atoms with Crippen LogP contribution in [0.15, 0.2) is 36.7 Å². The van der Waals surface area contributed by atoms with E-state index in [9.17, 15) is 10.2 Å². The minimum atomic E-state index is -1.18. The molecule has 0 spiro atoms. The Balaban J connectivity index is 1.97. The molecule has 22 heavy (non-hydrogen) atoms. The molecular formula is C14H19N3O5. The maximum absolute atomic E-state index is 10.2. The van der Waals surface area contributed by atoms with Crippen LogP contribution in [-0.2, 0) is 11.5 Å². The zero-order valence-electron chi connectivity index (χ0n) is 11.9. The summed E-state index contributed by atoms with van der Waals surface area (Å²) >= 11 is 0. The highest BCUT2D eigenvalue weighted by Gasteiger charge is 2.19. The largest absolute Gasteiger partial charge is 0.394 e. The van der Waals surface area contributed by atoms with Crippen molar-refractivity contribution in [2.24, 2.45) is 0 Å². The van der Waals surface area contributed by atoms with Crippen LogP contribution in [0.2, 0.25) is 0 Å². The van der Waals surface area contributed by atoms with Gasteiger partial charge in [0.1, 0.15) is 31.4 Å². The van der Waals surface area contributed by atoms with E-state index in [-0.39, 0.29) is 12.6 Å². The SMILES string of the molecule is OCC(O)[C@@H](CO)OCn1cnc(C(O)c2ccccc2)n1. The highest BCUT2D eigenvalue weighted by atomic mass is 16.5.